The molecule has 1 aromatic carbocycles. The number of hydrogen-bond donors (Lipinski definition) is 1. The zero-order valence-electron chi connectivity index (χ0n) is 15.5. The standard InChI is InChI=1S/C18H23N5O3S/c1-22(2)12-9-20-18-16(13-19)21-17(26-18)14-5-7-15(8-6-14)27(24,25)23-10-3-4-11-23/h5-8,20H,3-4,9-12H2,1-2H3. The van der Waals surface area contributed by atoms with Gasteiger partial charge >= 0.3 is 0 Å². The lowest BCUT2D eigenvalue weighted by molar-refractivity contribution is 0.423. The van der Waals surface area contributed by atoms with Crippen LogP contribution in [0.2, 0.25) is 0 Å². The summed E-state index contributed by atoms with van der Waals surface area (Å²) < 4.78 is 32.4. The first-order chi connectivity index (χ1) is 12.9. The summed E-state index contributed by atoms with van der Waals surface area (Å²) in [6.45, 7) is 2.53. The third-order valence-electron chi connectivity index (χ3n) is 4.38. The molecule has 1 aliphatic rings. The predicted octanol–water partition coefficient (Wildman–Crippen LogP) is 1.97. The highest BCUT2D eigenvalue weighted by Crippen LogP contribution is 2.27. The summed E-state index contributed by atoms with van der Waals surface area (Å²) in [7, 11) is 0.457. The molecule has 1 aromatic heterocycles. The molecule has 9 heteroatoms. The highest BCUT2D eigenvalue weighted by atomic mass is 32.2. The van der Waals surface area contributed by atoms with Crippen molar-refractivity contribution in [1.29, 1.82) is 5.26 Å². The van der Waals surface area contributed by atoms with Gasteiger partial charge < -0.3 is 14.6 Å². The Labute approximate surface area is 159 Å². The minimum Gasteiger partial charge on any atom is -0.419 e. The van der Waals surface area contributed by atoms with E-state index in [4.69, 9.17) is 4.42 Å². The van der Waals surface area contributed by atoms with E-state index >= 15 is 0 Å². The smallest absolute Gasteiger partial charge is 0.243 e. The lowest BCUT2D eigenvalue weighted by Crippen LogP contribution is -2.27. The number of oxazole rings is 1. The maximum atomic E-state index is 12.6. The van der Waals surface area contributed by atoms with Crippen LogP contribution in [0.5, 0.6) is 0 Å². The summed E-state index contributed by atoms with van der Waals surface area (Å²) in [5.74, 6) is 0.604. The van der Waals surface area contributed by atoms with E-state index < -0.39 is 10.0 Å². The molecule has 1 saturated heterocycles. The number of aromatic nitrogens is 1. The first-order valence-corrected chi connectivity index (χ1v) is 10.3. The van der Waals surface area contributed by atoms with Crippen molar-refractivity contribution in [2.45, 2.75) is 17.7 Å². The molecule has 1 aliphatic heterocycles. The molecule has 0 aliphatic carbocycles. The molecule has 27 heavy (non-hydrogen) atoms. The SMILES string of the molecule is CN(C)CCNc1oc(-c2ccc(S(=O)(=O)N3CCCC3)cc2)nc1C#N. The molecule has 3 rings (SSSR count). The van der Waals surface area contributed by atoms with Crippen LogP contribution in [-0.4, -0.2) is 62.9 Å². The summed E-state index contributed by atoms with van der Waals surface area (Å²) in [5.41, 5.74) is 0.796. The number of benzene rings is 1. The number of likely N-dealkylation sites (N-methyl/N-ethyl adjacent to an activating group) is 1. The minimum absolute atomic E-state index is 0.178. The molecule has 0 spiro atoms. The van der Waals surface area contributed by atoms with Crippen LogP contribution in [0.3, 0.4) is 0 Å². The third kappa shape index (κ3) is 4.30. The van der Waals surface area contributed by atoms with E-state index in [0.29, 0.717) is 31.1 Å². The first kappa shape index (κ1) is 19.4. The molecule has 0 atom stereocenters. The Balaban J connectivity index is 1.79. The Morgan fingerprint density at radius 1 is 1.26 bits per heavy atom. The van der Waals surface area contributed by atoms with Gasteiger partial charge in [0, 0.05) is 31.7 Å². The number of sulfonamides is 1. The van der Waals surface area contributed by atoms with Crippen molar-refractivity contribution < 1.29 is 12.8 Å². The van der Waals surface area contributed by atoms with Crippen molar-refractivity contribution in [3.05, 3.63) is 30.0 Å². The van der Waals surface area contributed by atoms with Gasteiger partial charge in [0.15, 0.2) is 0 Å². The minimum atomic E-state index is -3.45. The Bertz CT molecular complexity index is 923. The lowest BCUT2D eigenvalue weighted by Gasteiger charge is -2.15. The second kappa shape index (κ2) is 8.08. The Hall–Kier alpha value is -2.41. The highest BCUT2D eigenvalue weighted by Gasteiger charge is 2.27. The molecule has 2 aromatic rings. The normalized spacial score (nSPS) is 15.2. The van der Waals surface area contributed by atoms with E-state index in [0.717, 1.165) is 19.4 Å². The summed E-state index contributed by atoms with van der Waals surface area (Å²) >= 11 is 0. The van der Waals surface area contributed by atoms with Crippen molar-refractivity contribution in [3.63, 3.8) is 0 Å². The lowest BCUT2D eigenvalue weighted by atomic mass is 10.2. The van der Waals surface area contributed by atoms with Crippen molar-refractivity contribution in [2.75, 3.05) is 45.6 Å². The van der Waals surface area contributed by atoms with Crippen LogP contribution < -0.4 is 5.32 Å². The fourth-order valence-electron chi connectivity index (χ4n) is 2.88. The van der Waals surface area contributed by atoms with Crippen molar-refractivity contribution in [3.8, 4) is 17.5 Å². The van der Waals surface area contributed by atoms with Gasteiger partial charge in [-0.1, -0.05) is 0 Å². The zero-order chi connectivity index (χ0) is 19.4. The van der Waals surface area contributed by atoms with Crippen molar-refractivity contribution >= 4 is 15.9 Å². The van der Waals surface area contributed by atoms with Gasteiger partial charge in [0.1, 0.15) is 6.07 Å². The third-order valence-corrected chi connectivity index (χ3v) is 6.29. The van der Waals surface area contributed by atoms with Gasteiger partial charge in [-0.25, -0.2) is 8.42 Å². The molecule has 8 nitrogen and oxygen atoms in total. The van der Waals surface area contributed by atoms with E-state index in [-0.39, 0.29) is 16.5 Å². The number of nitrogens with zero attached hydrogens (tertiary/aromatic N) is 4. The van der Waals surface area contributed by atoms with Gasteiger partial charge in [0.2, 0.25) is 27.5 Å². The second-order valence-electron chi connectivity index (χ2n) is 6.67. The largest absolute Gasteiger partial charge is 0.419 e. The number of rotatable bonds is 7. The summed E-state index contributed by atoms with van der Waals surface area (Å²) in [5, 5.41) is 12.3. The van der Waals surface area contributed by atoms with Crippen LogP contribution in [0, 0.1) is 11.3 Å². The Morgan fingerprint density at radius 3 is 2.52 bits per heavy atom. The van der Waals surface area contributed by atoms with E-state index in [1.165, 1.54) is 4.31 Å². The van der Waals surface area contributed by atoms with Crippen LogP contribution in [0.15, 0.2) is 33.6 Å². The molecule has 0 bridgehead atoms. The van der Waals surface area contributed by atoms with Gasteiger partial charge in [0.25, 0.3) is 0 Å². The molecule has 0 saturated carbocycles. The fourth-order valence-corrected chi connectivity index (χ4v) is 4.40. The summed E-state index contributed by atoms with van der Waals surface area (Å²) in [6.07, 6.45) is 1.79. The first-order valence-electron chi connectivity index (χ1n) is 8.82. The van der Waals surface area contributed by atoms with Crippen LogP contribution in [0.25, 0.3) is 11.5 Å². The van der Waals surface area contributed by atoms with Crippen molar-refractivity contribution in [1.82, 2.24) is 14.2 Å². The fraction of sp³-hybridized carbons (Fsp3) is 0.444. The molecule has 144 valence electrons. The molecule has 1 N–H and O–H groups in total. The highest BCUT2D eigenvalue weighted by molar-refractivity contribution is 7.89. The van der Waals surface area contributed by atoms with Crippen LogP contribution >= 0.6 is 0 Å². The number of nitrogens with one attached hydrogen (secondary N) is 1. The quantitative estimate of drug-likeness (QED) is 0.772. The van der Waals surface area contributed by atoms with Gasteiger partial charge in [-0.2, -0.15) is 14.6 Å². The monoisotopic (exact) mass is 389 g/mol. The van der Waals surface area contributed by atoms with E-state index in [9.17, 15) is 13.7 Å². The topological polar surface area (TPSA) is 102 Å². The van der Waals surface area contributed by atoms with Crippen LogP contribution in [0.4, 0.5) is 5.88 Å². The van der Waals surface area contributed by atoms with Gasteiger partial charge in [-0.05, 0) is 51.2 Å². The number of nitriles is 1. The summed E-state index contributed by atoms with van der Waals surface area (Å²) in [6, 6.07) is 8.43. The number of anilines is 1. The zero-order valence-corrected chi connectivity index (χ0v) is 16.3. The Kier molecular flexibility index (Phi) is 5.79. The molecule has 0 unspecified atom stereocenters. The van der Waals surface area contributed by atoms with E-state index in [2.05, 4.69) is 10.3 Å². The van der Waals surface area contributed by atoms with E-state index in [1.807, 2.05) is 25.1 Å². The molecule has 1 fully saturated rings. The molecule has 2 heterocycles. The second-order valence-corrected chi connectivity index (χ2v) is 8.61. The van der Waals surface area contributed by atoms with Gasteiger partial charge in [-0.3, -0.25) is 0 Å². The van der Waals surface area contributed by atoms with Crippen LogP contribution in [-0.2, 0) is 10.0 Å². The average molecular weight is 389 g/mol. The van der Waals surface area contributed by atoms with E-state index in [1.54, 1.807) is 24.3 Å². The van der Waals surface area contributed by atoms with Gasteiger partial charge in [-0.15, -0.1) is 0 Å². The van der Waals surface area contributed by atoms with Gasteiger partial charge in [0.05, 0.1) is 4.90 Å². The molecular formula is C18H23N5O3S. The summed E-state index contributed by atoms with van der Waals surface area (Å²) in [4.78, 5) is 6.47. The molecule has 0 amide bonds. The molecular weight excluding hydrogens is 366 g/mol. The number of hydrogen-bond acceptors (Lipinski definition) is 7. The molecule has 0 radical (unpaired) electrons. The Morgan fingerprint density at radius 2 is 1.93 bits per heavy atom. The van der Waals surface area contributed by atoms with Crippen molar-refractivity contribution in [2.24, 2.45) is 0 Å². The average Bonchev–Trinajstić information content (AvgIpc) is 3.32. The maximum absolute atomic E-state index is 12.6. The predicted molar refractivity (Wildman–Crippen MR) is 102 cm³/mol. The maximum Gasteiger partial charge on any atom is 0.243 e. The van der Waals surface area contributed by atoms with Crippen LogP contribution in [0.1, 0.15) is 18.5 Å².